The number of allylic oxidation sites excluding steroid dienone is 1. The Hall–Kier alpha value is -2.65. The summed E-state index contributed by atoms with van der Waals surface area (Å²) < 4.78 is 9.47. The Morgan fingerprint density at radius 2 is 1.47 bits per heavy atom. The first-order valence-electron chi connectivity index (χ1n) is 14.1. The van der Waals surface area contributed by atoms with E-state index in [1.807, 2.05) is 27.7 Å². The molecule has 0 bridgehead atoms. The first-order valence-corrected chi connectivity index (χ1v) is 14.1. The zero-order valence-electron chi connectivity index (χ0n) is 23.5. The molecular formula is C33H43N2O+. The van der Waals surface area contributed by atoms with Gasteiger partial charge >= 0.3 is 0 Å². The monoisotopic (exact) mass is 483 g/mol. The van der Waals surface area contributed by atoms with Crippen LogP contribution in [-0.2, 0) is 15.6 Å². The van der Waals surface area contributed by atoms with Crippen LogP contribution in [0.2, 0.25) is 0 Å². The summed E-state index contributed by atoms with van der Waals surface area (Å²) >= 11 is 0. The number of rotatable bonds is 0. The van der Waals surface area contributed by atoms with Gasteiger partial charge in [0.2, 0.25) is 5.69 Å². The van der Waals surface area contributed by atoms with E-state index in [9.17, 15) is 0 Å². The molecule has 2 atom stereocenters. The van der Waals surface area contributed by atoms with Crippen LogP contribution in [0.5, 0.6) is 0 Å². The van der Waals surface area contributed by atoms with E-state index < -0.39 is 0 Å². The molecule has 0 saturated heterocycles. The van der Waals surface area contributed by atoms with Gasteiger partial charge in [-0.15, -0.1) is 0 Å². The quantitative estimate of drug-likeness (QED) is 0.357. The molecule has 0 radical (unpaired) electrons. The lowest BCUT2D eigenvalue weighted by atomic mass is 9.74. The van der Waals surface area contributed by atoms with Crippen molar-refractivity contribution in [1.82, 2.24) is 0 Å². The molecule has 2 aromatic carbocycles. The van der Waals surface area contributed by atoms with E-state index in [0.29, 0.717) is 0 Å². The van der Waals surface area contributed by atoms with Crippen molar-refractivity contribution < 1.29 is 9.31 Å². The molecule has 0 aliphatic carbocycles. The molecule has 5 heterocycles. The summed E-state index contributed by atoms with van der Waals surface area (Å²) in [6.45, 7) is 19.6. The Labute approximate surface area is 218 Å². The zero-order chi connectivity index (χ0) is 25.8. The van der Waals surface area contributed by atoms with Crippen molar-refractivity contribution in [2.24, 2.45) is 0 Å². The Balaban J connectivity index is 0.000000637. The predicted molar refractivity (Wildman–Crippen MR) is 152 cm³/mol. The average Bonchev–Trinajstić information content (AvgIpc) is 3.30. The van der Waals surface area contributed by atoms with Crippen molar-refractivity contribution >= 4 is 17.1 Å². The van der Waals surface area contributed by atoms with Gasteiger partial charge in [-0.25, -0.2) is 0 Å². The van der Waals surface area contributed by atoms with Crippen molar-refractivity contribution in [3.63, 3.8) is 0 Å². The number of hydrogen-bond donors (Lipinski definition) is 0. The van der Waals surface area contributed by atoms with E-state index in [4.69, 9.17) is 4.74 Å². The molecule has 7 rings (SSSR count). The Morgan fingerprint density at radius 1 is 0.806 bits per heavy atom. The highest BCUT2D eigenvalue weighted by molar-refractivity contribution is 6.08. The van der Waals surface area contributed by atoms with Crippen molar-refractivity contribution in [3.05, 3.63) is 82.6 Å². The molecule has 0 spiro atoms. The molecule has 5 aliphatic rings. The van der Waals surface area contributed by atoms with E-state index in [2.05, 4.69) is 91.8 Å². The van der Waals surface area contributed by atoms with Gasteiger partial charge in [-0.3, -0.25) is 0 Å². The van der Waals surface area contributed by atoms with Crippen molar-refractivity contribution in [1.29, 1.82) is 0 Å². The molecule has 0 saturated carbocycles. The Morgan fingerprint density at radius 3 is 2.22 bits per heavy atom. The molecule has 190 valence electrons. The molecule has 3 heteroatoms. The van der Waals surface area contributed by atoms with E-state index in [-0.39, 0.29) is 23.0 Å². The third kappa shape index (κ3) is 3.31. The number of para-hydroxylation sites is 2. The molecule has 0 N–H and O–H groups in total. The van der Waals surface area contributed by atoms with Crippen LogP contribution < -0.4 is 4.90 Å². The van der Waals surface area contributed by atoms with Gasteiger partial charge in [0.05, 0.1) is 17.6 Å². The summed E-state index contributed by atoms with van der Waals surface area (Å²) in [5, 5.41) is 0. The second-order valence-corrected chi connectivity index (χ2v) is 11.0. The number of benzene rings is 2. The predicted octanol–water partition coefficient (Wildman–Crippen LogP) is 7.67. The van der Waals surface area contributed by atoms with Crippen molar-refractivity contribution in [2.75, 3.05) is 18.0 Å². The van der Waals surface area contributed by atoms with Gasteiger partial charge < -0.3 is 9.64 Å². The minimum absolute atomic E-state index is 0.00890. The molecule has 5 aliphatic heterocycles. The lowest BCUT2D eigenvalue weighted by Crippen LogP contribution is -2.47. The van der Waals surface area contributed by atoms with Gasteiger partial charge in [0, 0.05) is 52.5 Å². The maximum atomic E-state index is 6.89. The largest absolute Gasteiger partial charge is 0.365 e. The standard InChI is InChI=1S/C29H31N2O.2C2H6/c1-28(2)20-9-5-7-11-22(20)30-15-13-24-18(26(28)30)17-19-25(32-24)14-16-31-23-12-8-6-10-21(23)29(3,4)27(19)31;2*1-2/h5-12,17,24-25H,13-16H2,1-4H3;2*1-2H3/q+1;;. The molecule has 2 unspecified atom stereocenters. The van der Waals surface area contributed by atoms with E-state index >= 15 is 0 Å². The number of anilines is 1. The van der Waals surface area contributed by atoms with E-state index in [1.54, 1.807) is 0 Å². The molecular weight excluding hydrogens is 440 g/mol. The third-order valence-corrected chi connectivity index (χ3v) is 8.57. The fraction of sp³-hybridized carbons (Fsp3) is 0.485. The fourth-order valence-corrected chi connectivity index (χ4v) is 7.22. The van der Waals surface area contributed by atoms with Gasteiger partial charge in [0.15, 0.2) is 12.3 Å². The lowest BCUT2D eigenvalue weighted by Gasteiger charge is -2.42. The maximum absolute atomic E-state index is 6.89. The highest BCUT2D eigenvalue weighted by Crippen LogP contribution is 2.53. The fourth-order valence-electron chi connectivity index (χ4n) is 7.22. The molecule has 36 heavy (non-hydrogen) atoms. The number of fused-ring (bicyclic) bond motifs is 8. The third-order valence-electron chi connectivity index (χ3n) is 8.57. The highest BCUT2D eigenvalue weighted by Gasteiger charge is 2.54. The normalized spacial score (nSPS) is 25.6. The second kappa shape index (κ2) is 9.03. The average molecular weight is 484 g/mol. The van der Waals surface area contributed by atoms with Gasteiger partial charge in [0.25, 0.3) is 0 Å². The van der Waals surface area contributed by atoms with E-state index in [1.165, 1.54) is 45.1 Å². The first kappa shape index (κ1) is 25.0. The molecule has 0 amide bonds. The van der Waals surface area contributed by atoms with Crippen LogP contribution in [0.25, 0.3) is 0 Å². The van der Waals surface area contributed by atoms with Crippen LogP contribution in [0.3, 0.4) is 0 Å². The second-order valence-electron chi connectivity index (χ2n) is 11.0. The van der Waals surface area contributed by atoms with Crippen LogP contribution in [0.4, 0.5) is 11.4 Å². The summed E-state index contributed by atoms with van der Waals surface area (Å²) in [7, 11) is 0. The lowest BCUT2D eigenvalue weighted by molar-refractivity contribution is -0.445. The smallest absolute Gasteiger partial charge is 0.209 e. The molecule has 0 aromatic heterocycles. The summed E-state index contributed by atoms with van der Waals surface area (Å²) in [5.41, 5.74) is 11.3. The zero-order valence-corrected chi connectivity index (χ0v) is 23.5. The van der Waals surface area contributed by atoms with Gasteiger partial charge in [-0.1, -0.05) is 77.9 Å². The molecule has 2 aromatic rings. The summed E-state index contributed by atoms with van der Waals surface area (Å²) in [4.78, 5) is 2.57. The summed E-state index contributed by atoms with van der Waals surface area (Å²) in [6, 6.07) is 17.9. The van der Waals surface area contributed by atoms with Gasteiger partial charge in [-0.05, 0) is 38.0 Å². The van der Waals surface area contributed by atoms with Crippen LogP contribution in [0.15, 0.2) is 71.5 Å². The first-order chi connectivity index (χ1) is 17.4. The number of hydrogen-bond acceptors (Lipinski definition) is 2. The maximum Gasteiger partial charge on any atom is 0.209 e. The topological polar surface area (TPSA) is 15.5 Å². The van der Waals surface area contributed by atoms with E-state index in [0.717, 1.165) is 25.9 Å². The van der Waals surface area contributed by atoms with Crippen molar-refractivity contribution in [3.8, 4) is 0 Å². The van der Waals surface area contributed by atoms with Crippen LogP contribution in [0, 0.1) is 0 Å². The van der Waals surface area contributed by atoms with Gasteiger partial charge in [0.1, 0.15) is 0 Å². The van der Waals surface area contributed by atoms with Crippen LogP contribution in [0.1, 0.15) is 79.4 Å². The SMILES string of the molecule is CC.CC.CC1(C)C2=C3C=C4C5=[N+](CCC4OC3CCN2c2ccccc21)c1ccccc1C5(C)C. The summed E-state index contributed by atoms with van der Waals surface area (Å²) in [5.74, 6) is 0. The Kier molecular flexibility index (Phi) is 6.27. The van der Waals surface area contributed by atoms with Gasteiger partial charge in [-0.2, -0.15) is 4.58 Å². The number of nitrogens with zero attached hydrogens (tertiary/aromatic N) is 2. The van der Waals surface area contributed by atoms with Crippen LogP contribution >= 0.6 is 0 Å². The number of ether oxygens (including phenoxy) is 1. The van der Waals surface area contributed by atoms with Crippen molar-refractivity contribution in [2.45, 2.75) is 91.3 Å². The highest BCUT2D eigenvalue weighted by atomic mass is 16.5. The molecule has 3 nitrogen and oxygen atoms in total. The summed E-state index contributed by atoms with van der Waals surface area (Å²) in [6.07, 6.45) is 5.09. The van der Waals surface area contributed by atoms with Crippen LogP contribution in [-0.4, -0.2) is 35.6 Å². The minimum atomic E-state index is -0.00890. The Bertz CT molecular complexity index is 1280. The molecule has 0 fully saturated rings. The minimum Gasteiger partial charge on any atom is -0.365 e.